The Labute approximate surface area is 80.1 Å². The molecule has 0 bridgehead atoms. The molecule has 0 aromatic carbocycles. The van der Waals surface area contributed by atoms with E-state index in [1.165, 1.54) is 13.5 Å². The first-order chi connectivity index (χ1) is 6.13. The zero-order chi connectivity index (χ0) is 9.84. The van der Waals surface area contributed by atoms with Crippen molar-refractivity contribution in [3.8, 4) is 0 Å². The first kappa shape index (κ1) is 10.5. The van der Waals surface area contributed by atoms with Gasteiger partial charge in [-0.3, -0.25) is 4.79 Å². The minimum atomic E-state index is -0.0976. The Morgan fingerprint density at radius 2 is 2.38 bits per heavy atom. The summed E-state index contributed by atoms with van der Waals surface area (Å²) in [5, 5.41) is 0. The van der Waals surface area contributed by atoms with Crippen LogP contribution in [0.3, 0.4) is 0 Å². The topological polar surface area (TPSA) is 29.5 Å². The summed E-state index contributed by atoms with van der Waals surface area (Å²) >= 11 is 0. The molecule has 0 aliphatic carbocycles. The first-order valence-corrected chi connectivity index (χ1v) is 4.93. The van der Waals surface area contributed by atoms with Gasteiger partial charge >= 0.3 is 5.97 Å². The number of hydrogen-bond acceptors (Lipinski definition) is 3. The zero-order valence-electron chi connectivity index (χ0n) is 8.75. The highest BCUT2D eigenvalue weighted by atomic mass is 16.5. The average Bonchev–Trinajstić information content (AvgIpc) is 2.49. The van der Waals surface area contributed by atoms with Crippen LogP contribution in [0, 0.1) is 11.8 Å². The van der Waals surface area contributed by atoms with Crippen molar-refractivity contribution in [2.75, 3.05) is 26.7 Å². The van der Waals surface area contributed by atoms with E-state index in [-0.39, 0.29) is 11.9 Å². The molecular weight excluding hydrogens is 166 g/mol. The summed E-state index contributed by atoms with van der Waals surface area (Å²) in [6.07, 6.45) is 1.26. The molecule has 0 amide bonds. The number of likely N-dealkylation sites (tertiary alicyclic amines) is 1. The molecule has 13 heavy (non-hydrogen) atoms. The third-order valence-electron chi connectivity index (χ3n) is 2.64. The van der Waals surface area contributed by atoms with Crippen molar-refractivity contribution in [2.45, 2.75) is 20.3 Å². The van der Waals surface area contributed by atoms with Crippen LogP contribution in [-0.2, 0) is 9.53 Å². The van der Waals surface area contributed by atoms with Gasteiger partial charge in [-0.05, 0) is 18.9 Å². The molecular formula is C10H19NO2. The number of esters is 1. The Kier molecular flexibility index (Phi) is 3.72. The lowest BCUT2D eigenvalue weighted by Gasteiger charge is -2.18. The molecule has 3 nitrogen and oxygen atoms in total. The van der Waals surface area contributed by atoms with Crippen molar-refractivity contribution in [3.05, 3.63) is 0 Å². The number of ether oxygens (including phenoxy) is 1. The quantitative estimate of drug-likeness (QED) is 0.617. The molecule has 2 atom stereocenters. The maximum Gasteiger partial charge on any atom is 0.309 e. The lowest BCUT2D eigenvalue weighted by atomic mass is 10.1. The van der Waals surface area contributed by atoms with Gasteiger partial charge in [-0.1, -0.05) is 13.8 Å². The molecule has 0 radical (unpaired) electrons. The van der Waals surface area contributed by atoms with Crippen LogP contribution in [0.1, 0.15) is 20.3 Å². The largest absolute Gasteiger partial charge is 0.469 e. The standard InChI is InChI=1S/C10H19NO2/c1-8-4-5-11(6-8)7-9(2)10(12)13-3/h8-9H,4-7H2,1-3H3. The molecule has 3 heteroatoms. The summed E-state index contributed by atoms with van der Waals surface area (Å²) in [7, 11) is 1.45. The predicted octanol–water partition coefficient (Wildman–Crippen LogP) is 1.14. The molecule has 1 saturated heterocycles. The number of nitrogens with zero attached hydrogens (tertiary/aromatic N) is 1. The van der Waals surface area contributed by atoms with E-state index in [4.69, 9.17) is 0 Å². The first-order valence-electron chi connectivity index (χ1n) is 4.93. The van der Waals surface area contributed by atoms with Crippen LogP contribution in [0.15, 0.2) is 0 Å². The molecule has 0 aromatic heterocycles. The van der Waals surface area contributed by atoms with Gasteiger partial charge in [-0.2, -0.15) is 0 Å². The Morgan fingerprint density at radius 3 is 2.85 bits per heavy atom. The van der Waals surface area contributed by atoms with Crippen LogP contribution in [0.2, 0.25) is 0 Å². The normalized spacial score (nSPS) is 25.9. The van der Waals surface area contributed by atoms with Crippen molar-refractivity contribution in [1.82, 2.24) is 4.90 Å². The average molecular weight is 185 g/mol. The Balaban J connectivity index is 2.28. The fourth-order valence-corrected chi connectivity index (χ4v) is 1.86. The van der Waals surface area contributed by atoms with E-state index in [0.29, 0.717) is 0 Å². The molecule has 0 saturated carbocycles. The van der Waals surface area contributed by atoms with Crippen LogP contribution in [0.4, 0.5) is 0 Å². The van der Waals surface area contributed by atoms with Crippen LogP contribution in [-0.4, -0.2) is 37.6 Å². The van der Waals surface area contributed by atoms with E-state index in [1.807, 2.05) is 6.92 Å². The van der Waals surface area contributed by atoms with Gasteiger partial charge in [-0.25, -0.2) is 0 Å². The Bertz CT molecular complexity index is 182. The van der Waals surface area contributed by atoms with E-state index in [2.05, 4.69) is 16.6 Å². The van der Waals surface area contributed by atoms with Crippen LogP contribution >= 0.6 is 0 Å². The summed E-state index contributed by atoms with van der Waals surface area (Å²) in [4.78, 5) is 13.5. The van der Waals surface area contributed by atoms with Crippen LogP contribution in [0.5, 0.6) is 0 Å². The summed E-state index contributed by atoms with van der Waals surface area (Å²) in [6, 6.07) is 0. The second-order valence-electron chi connectivity index (χ2n) is 4.08. The molecule has 1 heterocycles. The van der Waals surface area contributed by atoms with Crippen molar-refractivity contribution in [2.24, 2.45) is 11.8 Å². The van der Waals surface area contributed by atoms with Gasteiger partial charge in [0.15, 0.2) is 0 Å². The van der Waals surface area contributed by atoms with Gasteiger partial charge in [0.2, 0.25) is 0 Å². The monoisotopic (exact) mass is 185 g/mol. The molecule has 0 N–H and O–H groups in total. The lowest BCUT2D eigenvalue weighted by Crippen LogP contribution is -2.30. The molecule has 0 spiro atoms. The van der Waals surface area contributed by atoms with Gasteiger partial charge in [0.05, 0.1) is 13.0 Å². The van der Waals surface area contributed by atoms with E-state index in [0.717, 1.165) is 25.6 Å². The van der Waals surface area contributed by atoms with Crippen molar-refractivity contribution in [3.63, 3.8) is 0 Å². The molecule has 1 fully saturated rings. The van der Waals surface area contributed by atoms with Crippen LogP contribution < -0.4 is 0 Å². The maximum absolute atomic E-state index is 11.1. The van der Waals surface area contributed by atoms with E-state index < -0.39 is 0 Å². The van der Waals surface area contributed by atoms with Crippen LogP contribution in [0.25, 0.3) is 0 Å². The van der Waals surface area contributed by atoms with Crippen molar-refractivity contribution >= 4 is 5.97 Å². The number of carbonyl (C=O) groups is 1. The maximum atomic E-state index is 11.1. The number of rotatable bonds is 3. The number of methoxy groups -OCH3 is 1. The smallest absolute Gasteiger partial charge is 0.309 e. The minimum Gasteiger partial charge on any atom is -0.469 e. The predicted molar refractivity (Wildman–Crippen MR) is 51.4 cm³/mol. The zero-order valence-corrected chi connectivity index (χ0v) is 8.75. The van der Waals surface area contributed by atoms with E-state index >= 15 is 0 Å². The SMILES string of the molecule is COC(=O)C(C)CN1CCC(C)C1. The lowest BCUT2D eigenvalue weighted by molar-refractivity contribution is -0.145. The number of hydrogen-bond donors (Lipinski definition) is 0. The summed E-state index contributed by atoms with van der Waals surface area (Å²) in [6.45, 7) is 7.28. The molecule has 76 valence electrons. The minimum absolute atomic E-state index is 0.00954. The van der Waals surface area contributed by atoms with Gasteiger partial charge < -0.3 is 9.64 Å². The van der Waals surface area contributed by atoms with Crippen molar-refractivity contribution < 1.29 is 9.53 Å². The number of carbonyl (C=O) groups excluding carboxylic acids is 1. The summed E-state index contributed by atoms with van der Waals surface area (Å²) < 4.78 is 4.68. The van der Waals surface area contributed by atoms with E-state index in [9.17, 15) is 4.79 Å². The van der Waals surface area contributed by atoms with Gasteiger partial charge in [-0.15, -0.1) is 0 Å². The van der Waals surface area contributed by atoms with E-state index in [1.54, 1.807) is 0 Å². The third-order valence-corrected chi connectivity index (χ3v) is 2.64. The van der Waals surface area contributed by atoms with Gasteiger partial charge in [0.25, 0.3) is 0 Å². The third kappa shape index (κ3) is 2.99. The highest BCUT2D eigenvalue weighted by molar-refractivity contribution is 5.72. The second kappa shape index (κ2) is 4.61. The molecule has 1 aliphatic rings. The molecule has 0 aromatic rings. The Morgan fingerprint density at radius 1 is 1.69 bits per heavy atom. The van der Waals surface area contributed by atoms with Gasteiger partial charge in [0.1, 0.15) is 0 Å². The molecule has 1 rings (SSSR count). The summed E-state index contributed by atoms with van der Waals surface area (Å²) in [5.74, 6) is 0.694. The fraction of sp³-hybridized carbons (Fsp3) is 0.900. The summed E-state index contributed by atoms with van der Waals surface area (Å²) in [5.41, 5.74) is 0. The molecule has 1 aliphatic heterocycles. The van der Waals surface area contributed by atoms with Gasteiger partial charge in [0, 0.05) is 13.1 Å². The highest BCUT2D eigenvalue weighted by Crippen LogP contribution is 2.16. The second-order valence-corrected chi connectivity index (χ2v) is 4.08. The molecule has 2 unspecified atom stereocenters. The fourth-order valence-electron chi connectivity index (χ4n) is 1.86. The van der Waals surface area contributed by atoms with Crippen molar-refractivity contribution in [1.29, 1.82) is 0 Å². The highest BCUT2D eigenvalue weighted by Gasteiger charge is 2.23. The Hall–Kier alpha value is -0.570.